The predicted octanol–water partition coefficient (Wildman–Crippen LogP) is 3.64. The normalized spacial score (nSPS) is 17.2. The van der Waals surface area contributed by atoms with E-state index in [1.165, 1.54) is 6.92 Å². The number of anilines is 1. The first-order chi connectivity index (χ1) is 18.5. The number of aromatic nitrogens is 4. The number of nitrogens with one attached hydrogen (secondary N) is 3. The number of carbonyl (C=O) groups excluding carboxylic acids is 2. The summed E-state index contributed by atoms with van der Waals surface area (Å²) < 4.78 is 73.9. The summed E-state index contributed by atoms with van der Waals surface area (Å²) in [4.78, 5) is 40.6. The van der Waals surface area contributed by atoms with E-state index in [2.05, 4.69) is 30.4 Å². The van der Waals surface area contributed by atoms with E-state index in [0.29, 0.717) is 6.26 Å². The Morgan fingerprint density at radius 1 is 1.18 bits per heavy atom. The fourth-order valence-electron chi connectivity index (χ4n) is 4.88. The zero-order valence-electron chi connectivity index (χ0n) is 20.4. The number of hydrogen-bond donors (Lipinski definition) is 3. The lowest BCUT2D eigenvalue weighted by Crippen LogP contribution is -2.50. The van der Waals surface area contributed by atoms with Gasteiger partial charge < -0.3 is 20.1 Å². The summed E-state index contributed by atoms with van der Waals surface area (Å²) in [6.07, 6.45) is 0.577. The first-order valence-electron chi connectivity index (χ1n) is 12.2. The lowest BCUT2D eigenvalue weighted by atomic mass is 9.88. The molecule has 0 radical (unpaired) electrons. The van der Waals surface area contributed by atoms with Crippen LogP contribution < -0.4 is 16.2 Å². The highest BCUT2D eigenvalue weighted by atomic mass is 19.4. The molecule has 0 aliphatic heterocycles. The van der Waals surface area contributed by atoms with Crippen LogP contribution in [-0.4, -0.2) is 37.8 Å². The summed E-state index contributed by atoms with van der Waals surface area (Å²) in [6.45, 7) is 1.40. The number of rotatable bonds is 9. The molecule has 2 aliphatic rings. The first kappa shape index (κ1) is 26.6. The molecule has 3 aromatic rings. The van der Waals surface area contributed by atoms with Gasteiger partial charge in [-0.1, -0.05) is 5.16 Å². The minimum atomic E-state index is -4.96. The van der Waals surface area contributed by atoms with Gasteiger partial charge in [-0.2, -0.15) is 22.7 Å². The Morgan fingerprint density at radius 2 is 1.85 bits per heavy atom. The van der Waals surface area contributed by atoms with E-state index in [1.807, 2.05) is 0 Å². The third-order valence-electron chi connectivity index (χ3n) is 7.08. The van der Waals surface area contributed by atoms with Gasteiger partial charge in [-0.25, -0.2) is 9.07 Å². The summed E-state index contributed by atoms with van der Waals surface area (Å²) in [5.41, 5.74) is -3.56. The molecular formula is C24H23F5N6O4. The van der Waals surface area contributed by atoms with Crippen molar-refractivity contribution < 1.29 is 36.1 Å². The van der Waals surface area contributed by atoms with Gasteiger partial charge in [-0.15, -0.1) is 0 Å². The molecule has 3 N–H and O–H groups in total. The summed E-state index contributed by atoms with van der Waals surface area (Å²) in [5.74, 6) is -4.06. The van der Waals surface area contributed by atoms with Crippen LogP contribution in [0.5, 0.6) is 0 Å². The highest BCUT2D eigenvalue weighted by molar-refractivity contribution is 6.01. The maximum atomic E-state index is 15.3. The smallest absolute Gasteiger partial charge is 0.363 e. The molecular weight excluding hydrogens is 531 g/mol. The lowest BCUT2D eigenvalue weighted by molar-refractivity contribution is -0.143. The first-order valence-corrected chi connectivity index (χ1v) is 12.2. The number of halogens is 5. The second kappa shape index (κ2) is 9.93. The molecule has 0 spiro atoms. The van der Waals surface area contributed by atoms with Crippen molar-refractivity contribution in [1.82, 2.24) is 25.2 Å². The van der Waals surface area contributed by atoms with Gasteiger partial charge >= 0.3 is 6.18 Å². The Labute approximate surface area is 216 Å². The lowest BCUT2D eigenvalue weighted by Gasteiger charge is -2.27. The third kappa shape index (κ3) is 5.43. The van der Waals surface area contributed by atoms with Crippen LogP contribution in [0.1, 0.15) is 60.3 Å². The molecule has 2 atom stereocenters. The van der Waals surface area contributed by atoms with Gasteiger partial charge in [0.2, 0.25) is 11.9 Å². The van der Waals surface area contributed by atoms with Crippen LogP contribution in [0.15, 0.2) is 34.0 Å². The summed E-state index contributed by atoms with van der Waals surface area (Å²) in [7, 11) is 0. The van der Waals surface area contributed by atoms with Crippen LogP contribution in [0.2, 0.25) is 0 Å². The Kier molecular flexibility index (Phi) is 6.76. The maximum absolute atomic E-state index is 15.3. The number of H-pyrrole nitrogens is 1. The summed E-state index contributed by atoms with van der Waals surface area (Å²) in [6, 6.07) is -1.39. The van der Waals surface area contributed by atoms with Crippen molar-refractivity contribution >= 4 is 17.5 Å². The zero-order valence-corrected chi connectivity index (χ0v) is 20.4. The third-order valence-corrected chi connectivity index (χ3v) is 7.08. The van der Waals surface area contributed by atoms with E-state index in [1.54, 1.807) is 0 Å². The Bertz CT molecular complexity index is 1440. The number of aromatic amines is 1. The van der Waals surface area contributed by atoms with E-state index in [4.69, 9.17) is 0 Å². The van der Waals surface area contributed by atoms with Crippen molar-refractivity contribution in [1.29, 1.82) is 0 Å². The molecule has 3 heterocycles. The van der Waals surface area contributed by atoms with Crippen molar-refractivity contribution in [2.75, 3.05) is 5.32 Å². The topological polar surface area (TPSA) is 135 Å². The summed E-state index contributed by atoms with van der Waals surface area (Å²) in [5, 5.41) is 11.5. The molecule has 0 aromatic carbocycles. The van der Waals surface area contributed by atoms with Crippen molar-refractivity contribution in [3.8, 4) is 0 Å². The predicted molar refractivity (Wildman–Crippen MR) is 123 cm³/mol. The van der Waals surface area contributed by atoms with Crippen LogP contribution in [0.3, 0.4) is 0 Å². The van der Waals surface area contributed by atoms with Gasteiger partial charge in [-0.05, 0) is 56.4 Å². The molecule has 2 aliphatic carbocycles. The molecule has 5 rings (SSSR count). The van der Waals surface area contributed by atoms with Crippen molar-refractivity contribution in [3.63, 3.8) is 0 Å². The monoisotopic (exact) mass is 554 g/mol. The Hall–Kier alpha value is -4.04. The Morgan fingerprint density at radius 3 is 2.46 bits per heavy atom. The van der Waals surface area contributed by atoms with E-state index in [-0.39, 0.29) is 29.0 Å². The second-order valence-electron chi connectivity index (χ2n) is 9.84. The van der Waals surface area contributed by atoms with Gasteiger partial charge in [0.15, 0.2) is 5.69 Å². The van der Waals surface area contributed by atoms with Gasteiger partial charge in [0.25, 0.3) is 11.5 Å². The zero-order chi connectivity index (χ0) is 28.1. The van der Waals surface area contributed by atoms with Gasteiger partial charge in [0.05, 0.1) is 12.2 Å². The fraction of sp³-hybridized carbons (Fsp3) is 0.458. The molecule has 2 unspecified atom stereocenters. The number of alkyl halides is 3. The average molecular weight is 554 g/mol. The van der Waals surface area contributed by atoms with Crippen LogP contribution in [0.4, 0.5) is 27.6 Å². The molecule has 2 amide bonds. The van der Waals surface area contributed by atoms with Crippen molar-refractivity contribution in [2.24, 2.45) is 17.8 Å². The van der Waals surface area contributed by atoms with E-state index in [9.17, 15) is 31.9 Å². The number of carbonyl (C=O) groups is 2. The number of amides is 2. The van der Waals surface area contributed by atoms with E-state index in [0.717, 1.165) is 48.8 Å². The molecule has 2 fully saturated rings. The summed E-state index contributed by atoms with van der Waals surface area (Å²) >= 11 is 0. The minimum absolute atomic E-state index is 0.0744. The maximum Gasteiger partial charge on any atom is 0.437 e. The highest BCUT2D eigenvalue weighted by Crippen LogP contribution is 2.51. The SMILES string of the molecule is CC(c1cc(F)c[nH]c1=O)n1ncc(NC(=O)C(NC(=O)c2conc2C(F)(F)F)C(C2CC2)C2CC2)c1F. The Balaban J connectivity index is 1.40. The van der Waals surface area contributed by atoms with Crippen LogP contribution >= 0.6 is 0 Å². The largest absolute Gasteiger partial charge is 0.437 e. The van der Waals surface area contributed by atoms with Crippen LogP contribution in [0.25, 0.3) is 0 Å². The highest BCUT2D eigenvalue weighted by Gasteiger charge is 2.49. The molecule has 208 valence electrons. The van der Waals surface area contributed by atoms with Crippen LogP contribution in [0, 0.1) is 29.5 Å². The van der Waals surface area contributed by atoms with E-state index < -0.39 is 58.7 Å². The van der Waals surface area contributed by atoms with Gasteiger partial charge in [0, 0.05) is 11.8 Å². The molecule has 2 saturated carbocycles. The van der Waals surface area contributed by atoms with Crippen LogP contribution in [-0.2, 0) is 11.0 Å². The van der Waals surface area contributed by atoms with E-state index >= 15 is 4.39 Å². The number of nitrogens with zero attached hydrogens (tertiary/aromatic N) is 3. The van der Waals surface area contributed by atoms with Crippen molar-refractivity contribution in [3.05, 3.63) is 63.7 Å². The number of hydrogen-bond acceptors (Lipinski definition) is 6. The second-order valence-corrected chi connectivity index (χ2v) is 9.84. The van der Waals surface area contributed by atoms with Gasteiger partial charge in [-0.3, -0.25) is 14.4 Å². The van der Waals surface area contributed by atoms with Gasteiger partial charge in [0.1, 0.15) is 29.4 Å². The molecule has 0 saturated heterocycles. The standard InChI is InChI=1S/C24H23F5N6O4/c1-10(14-6-13(25)7-30-21(14)36)35-20(26)16(8-31-35)32-23(38)18(17(11-2-3-11)12-4-5-12)33-22(37)15-9-39-34-19(15)24(27,28)29/h6-12,17-18H,2-5H2,1H3,(H,30,36)(H,32,38)(H,33,37). The average Bonchev–Trinajstić information content (AvgIpc) is 3.81. The molecule has 15 heteroatoms. The molecule has 10 nitrogen and oxygen atoms in total. The quantitative estimate of drug-likeness (QED) is 0.346. The minimum Gasteiger partial charge on any atom is -0.363 e. The molecule has 3 aromatic heterocycles. The van der Waals surface area contributed by atoms with Crippen molar-refractivity contribution in [2.45, 2.75) is 50.9 Å². The fourth-order valence-corrected chi connectivity index (χ4v) is 4.88. The molecule has 39 heavy (non-hydrogen) atoms. The number of pyridine rings is 1. The molecule has 0 bridgehead atoms.